The number of pyridine rings is 1. The molecular weight excluding hydrogens is 526 g/mol. The van der Waals surface area contributed by atoms with Crippen molar-refractivity contribution in [2.24, 2.45) is 0 Å². The van der Waals surface area contributed by atoms with Crippen molar-refractivity contribution in [1.82, 2.24) is 19.2 Å². The number of aromatic nitrogens is 2. The summed E-state index contributed by atoms with van der Waals surface area (Å²) >= 11 is 0. The first-order chi connectivity index (χ1) is 19.5. The third kappa shape index (κ3) is 5.97. The smallest absolute Gasteiger partial charge is 0.269 e. The largest absolute Gasteiger partial charge is 0.492 e. The van der Waals surface area contributed by atoms with Crippen LogP contribution < -0.4 is 15.0 Å². The highest BCUT2D eigenvalue weighted by atomic mass is 32.2. The number of nitrogens with zero attached hydrogens (tertiary/aromatic N) is 4. The summed E-state index contributed by atoms with van der Waals surface area (Å²) in [4.78, 5) is 22.3. The van der Waals surface area contributed by atoms with Crippen molar-refractivity contribution in [2.45, 2.75) is 24.7 Å². The number of hydrogen-bond donors (Lipinski definition) is 1. The van der Waals surface area contributed by atoms with Gasteiger partial charge in [0.15, 0.2) is 5.65 Å². The van der Waals surface area contributed by atoms with Gasteiger partial charge in [0.25, 0.3) is 15.9 Å². The molecule has 3 heterocycles. The van der Waals surface area contributed by atoms with Crippen LogP contribution in [0.15, 0.2) is 84.0 Å². The molecule has 2 aromatic heterocycles. The van der Waals surface area contributed by atoms with Crippen LogP contribution in [0.2, 0.25) is 0 Å². The first-order valence-corrected chi connectivity index (χ1v) is 15.2. The van der Waals surface area contributed by atoms with E-state index in [0.29, 0.717) is 24.1 Å². The van der Waals surface area contributed by atoms with Crippen molar-refractivity contribution in [3.63, 3.8) is 0 Å². The van der Waals surface area contributed by atoms with E-state index in [1.54, 1.807) is 30.3 Å². The molecule has 9 nitrogen and oxygen atoms in total. The van der Waals surface area contributed by atoms with E-state index in [9.17, 15) is 13.2 Å². The third-order valence-corrected chi connectivity index (χ3v) is 8.81. The minimum Gasteiger partial charge on any atom is -0.492 e. The molecule has 1 saturated heterocycles. The van der Waals surface area contributed by atoms with Crippen LogP contribution in [-0.2, 0) is 10.0 Å². The minimum absolute atomic E-state index is 0.142. The van der Waals surface area contributed by atoms with Crippen LogP contribution in [0.4, 0.5) is 5.69 Å². The molecule has 0 bridgehead atoms. The van der Waals surface area contributed by atoms with Gasteiger partial charge in [0.05, 0.1) is 22.8 Å². The number of hydrogen-bond acceptors (Lipinski definition) is 7. The molecule has 0 unspecified atom stereocenters. The molecule has 10 heteroatoms. The Morgan fingerprint density at radius 1 is 0.950 bits per heavy atom. The molecule has 1 N–H and O–H groups in total. The van der Waals surface area contributed by atoms with Gasteiger partial charge in [-0.15, -0.1) is 0 Å². The minimum atomic E-state index is -3.89. The van der Waals surface area contributed by atoms with Crippen LogP contribution in [-0.4, -0.2) is 74.1 Å². The second-order valence-corrected chi connectivity index (χ2v) is 11.5. The molecule has 40 heavy (non-hydrogen) atoms. The third-order valence-electron chi connectivity index (χ3n) is 7.14. The Morgan fingerprint density at radius 3 is 2.48 bits per heavy atom. The molecule has 5 rings (SSSR count). The average Bonchev–Trinajstić information content (AvgIpc) is 3.39. The number of nitrogens with one attached hydrogen (secondary N) is 1. The number of rotatable bonds is 11. The molecule has 2 aromatic carbocycles. The normalized spacial score (nSPS) is 14.4. The number of fused-ring (bicyclic) bond motifs is 1. The molecule has 1 aliphatic rings. The van der Waals surface area contributed by atoms with Crippen molar-refractivity contribution in [1.29, 1.82) is 0 Å². The maximum Gasteiger partial charge on any atom is 0.269 e. The topological polar surface area (TPSA) is 96.8 Å². The van der Waals surface area contributed by atoms with Gasteiger partial charge >= 0.3 is 0 Å². The summed E-state index contributed by atoms with van der Waals surface area (Å²) in [7, 11) is -3.89. The van der Waals surface area contributed by atoms with Gasteiger partial charge < -0.3 is 15.0 Å². The van der Waals surface area contributed by atoms with E-state index in [4.69, 9.17) is 4.74 Å². The van der Waals surface area contributed by atoms with E-state index in [1.165, 1.54) is 24.5 Å². The lowest BCUT2D eigenvalue weighted by atomic mass is 10.2. The fourth-order valence-corrected chi connectivity index (χ4v) is 6.41. The van der Waals surface area contributed by atoms with Crippen LogP contribution in [0.25, 0.3) is 11.0 Å². The summed E-state index contributed by atoms with van der Waals surface area (Å²) < 4.78 is 33.4. The van der Waals surface area contributed by atoms with E-state index in [2.05, 4.69) is 32.2 Å². The van der Waals surface area contributed by atoms with E-state index >= 15 is 0 Å². The lowest BCUT2D eigenvalue weighted by Gasteiger charge is -2.36. The Kier molecular flexibility index (Phi) is 8.66. The van der Waals surface area contributed by atoms with Gasteiger partial charge in [0.1, 0.15) is 5.75 Å². The molecule has 0 spiro atoms. The fourth-order valence-electron chi connectivity index (χ4n) is 5.07. The summed E-state index contributed by atoms with van der Waals surface area (Å²) in [6, 6.07) is 19.8. The molecule has 0 atom stereocenters. The number of anilines is 1. The Bertz CT molecular complexity index is 1550. The first-order valence-electron chi connectivity index (χ1n) is 13.7. The monoisotopic (exact) mass is 561 g/mol. The summed E-state index contributed by atoms with van der Waals surface area (Å²) in [5.74, 6) is 0.632. The summed E-state index contributed by atoms with van der Waals surface area (Å²) in [6.45, 7) is 8.00. The van der Waals surface area contributed by atoms with Gasteiger partial charge in [-0.3, -0.25) is 9.69 Å². The van der Waals surface area contributed by atoms with Crippen molar-refractivity contribution in [3.05, 3.63) is 84.7 Å². The summed E-state index contributed by atoms with van der Waals surface area (Å²) in [6.07, 6.45) is 4.69. The number of amides is 1. The lowest BCUT2D eigenvalue weighted by molar-refractivity contribution is 0.0954. The molecule has 4 aromatic rings. The van der Waals surface area contributed by atoms with E-state index in [0.717, 1.165) is 61.0 Å². The second-order valence-electron chi connectivity index (χ2n) is 9.72. The summed E-state index contributed by atoms with van der Waals surface area (Å²) in [5, 5.41) is 3.47. The van der Waals surface area contributed by atoms with Crippen LogP contribution in [0.5, 0.6) is 5.75 Å². The number of unbranched alkanes of at least 4 members (excludes halogenated alkanes) is 1. The van der Waals surface area contributed by atoms with Crippen molar-refractivity contribution < 1.29 is 17.9 Å². The highest BCUT2D eigenvalue weighted by Gasteiger charge is 2.24. The van der Waals surface area contributed by atoms with Crippen molar-refractivity contribution in [3.8, 4) is 5.75 Å². The zero-order valence-electron chi connectivity index (χ0n) is 22.7. The Morgan fingerprint density at radius 2 is 1.70 bits per heavy atom. The molecule has 210 valence electrons. The molecule has 1 aliphatic heterocycles. The molecule has 0 radical (unpaired) electrons. The average molecular weight is 562 g/mol. The molecule has 0 aliphatic carbocycles. The Labute approximate surface area is 235 Å². The number of ether oxygens (including phenoxy) is 1. The maximum atomic E-state index is 13.3. The van der Waals surface area contributed by atoms with Crippen molar-refractivity contribution in [2.75, 3.05) is 50.8 Å². The molecular formula is C30H35N5O4S. The fraction of sp³-hybridized carbons (Fsp3) is 0.333. The predicted molar refractivity (Wildman–Crippen MR) is 157 cm³/mol. The van der Waals surface area contributed by atoms with Gasteiger partial charge in [-0.05, 0) is 62.7 Å². The van der Waals surface area contributed by atoms with Gasteiger partial charge in [-0.25, -0.2) is 17.4 Å². The van der Waals surface area contributed by atoms with Crippen LogP contribution in [0, 0.1) is 0 Å². The standard InChI is InChI=1S/C30H35N5O4S/c1-2-39-28-15-7-6-14-27(28)34-21-19-33(20-22-34)18-9-8-16-32-30(36)26-23-35(29-25(26)13-10-17-31-29)40(37,38)24-11-4-3-5-12-24/h3-7,10-15,17,23H,2,8-9,16,18-22H2,1H3,(H,32,36). The van der Waals surface area contributed by atoms with Gasteiger partial charge in [0, 0.05) is 50.5 Å². The SMILES string of the molecule is CCOc1ccccc1N1CCN(CCCCNC(=O)c2cn(S(=O)(=O)c3ccccc3)c3ncccc23)CC1. The maximum absolute atomic E-state index is 13.3. The molecule has 0 saturated carbocycles. The van der Waals surface area contributed by atoms with Crippen molar-refractivity contribution >= 4 is 32.7 Å². The van der Waals surface area contributed by atoms with E-state index in [-0.39, 0.29) is 16.4 Å². The van der Waals surface area contributed by atoms with Gasteiger partial charge in [-0.1, -0.05) is 30.3 Å². The zero-order chi connectivity index (χ0) is 28.0. The van der Waals surface area contributed by atoms with E-state index < -0.39 is 10.0 Å². The highest BCUT2D eigenvalue weighted by Crippen LogP contribution is 2.29. The van der Waals surface area contributed by atoms with Crippen LogP contribution in [0.1, 0.15) is 30.1 Å². The Balaban J connectivity index is 1.13. The van der Waals surface area contributed by atoms with Gasteiger partial charge in [-0.2, -0.15) is 0 Å². The predicted octanol–water partition coefficient (Wildman–Crippen LogP) is 4.00. The Hall–Kier alpha value is -3.89. The summed E-state index contributed by atoms with van der Waals surface area (Å²) in [5.41, 5.74) is 1.69. The number of carbonyl (C=O) groups excluding carboxylic acids is 1. The van der Waals surface area contributed by atoms with Crippen LogP contribution in [0.3, 0.4) is 0 Å². The van der Waals surface area contributed by atoms with Gasteiger partial charge in [0.2, 0.25) is 0 Å². The zero-order valence-corrected chi connectivity index (χ0v) is 23.5. The number of benzene rings is 2. The molecule has 1 amide bonds. The van der Waals surface area contributed by atoms with Crippen LogP contribution >= 0.6 is 0 Å². The number of carbonyl (C=O) groups is 1. The lowest BCUT2D eigenvalue weighted by Crippen LogP contribution is -2.46. The molecule has 1 fully saturated rings. The number of piperazine rings is 1. The highest BCUT2D eigenvalue weighted by molar-refractivity contribution is 7.90. The number of para-hydroxylation sites is 2. The second kappa shape index (κ2) is 12.5. The quantitative estimate of drug-likeness (QED) is 0.277. The van der Waals surface area contributed by atoms with E-state index in [1.807, 2.05) is 19.1 Å². The first kappa shape index (κ1) is 27.7.